The van der Waals surface area contributed by atoms with Crippen molar-refractivity contribution in [2.24, 2.45) is 5.10 Å². The first-order valence-electron chi connectivity index (χ1n) is 5.90. The quantitative estimate of drug-likeness (QED) is 0.889. The number of hydrogen-bond donors (Lipinski definition) is 1. The van der Waals surface area contributed by atoms with Crippen LogP contribution in [0.4, 0.5) is 5.69 Å². The molecule has 1 aromatic carbocycles. The highest BCUT2D eigenvalue weighted by Crippen LogP contribution is 2.23. The number of hydrazone groups is 1. The topological polar surface area (TPSA) is 71.0 Å². The van der Waals surface area contributed by atoms with E-state index >= 15 is 0 Å². The molecule has 1 N–H and O–H groups in total. The van der Waals surface area contributed by atoms with Crippen LogP contribution >= 0.6 is 0 Å². The Morgan fingerprint density at radius 1 is 1.37 bits per heavy atom. The molecule has 0 aliphatic carbocycles. The zero-order chi connectivity index (χ0) is 13.8. The summed E-state index contributed by atoms with van der Waals surface area (Å²) in [4.78, 5) is 23.3. The Labute approximate surface area is 111 Å². The monoisotopic (exact) mass is 261 g/mol. The first-order chi connectivity index (χ1) is 9.11. The van der Waals surface area contributed by atoms with Gasteiger partial charge in [0.25, 0.3) is 5.91 Å². The molecule has 1 aliphatic heterocycles. The van der Waals surface area contributed by atoms with Gasteiger partial charge in [0.15, 0.2) is 0 Å². The van der Waals surface area contributed by atoms with Gasteiger partial charge in [-0.25, -0.2) is 5.01 Å². The maximum Gasteiger partial charge on any atom is 0.271 e. The van der Waals surface area contributed by atoms with Crippen LogP contribution < -0.4 is 10.1 Å². The Balaban J connectivity index is 2.13. The van der Waals surface area contributed by atoms with Crippen LogP contribution in [0, 0.1) is 0 Å². The largest absolute Gasteiger partial charge is 0.495 e. The van der Waals surface area contributed by atoms with Crippen molar-refractivity contribution in [1.29, 1.82) is 0 Å². The summed E-state index contributed by atoms with van der Waals surface area (Å²) >= 11 is 0. The third-order valence-corrected chi connectivity index (χ3v) is 2.82. The molecule has 0 unspecified atom stereocenters. The Bertz CT molecular complexity index is 540. The van der Waals surface area contributed by atoms with Crippen LogP contribution in [0.5, 0.6) is 5.75 Å². The molecule has 0 saturated carbocycles. The first-order valence-corrected chi connectivity index (χ1v) is 5.90. The molecule has 1 aliphatic rings. The van der Waals surface area contributed by atoms with Gasteiger partial charge in [0.05, 0.1) is 12.8 Å². The molecule has 0 spiro atoms. The van der Waals surface area contributed by atoms with Gasteiger partial charge in [-0.2, -0.15) is 5.10 Å². The van der Waals surface area contributed by atoms with Crippen LogP contribution in [0.25, 0.3) is 0 Å². The predicted molar refractivity (Wildman–Crippen MR) is 71.1 cm³/mol. The van der Waals surface area contributed by atoms with E-state index in [0.29, 0.717) is 30.0 Å². The van der Waals surface area contributed by atoms with Crippen molar-refractivity contribution in [3.05, 3.63) is 24.3 Å². The third-order valence-electron chi connectivity index (χ3n) is 2.82. The van der Waals surface area contributed by atoms with Crippen molar-refractivity contribution in [1.82, 2.24) is 5.01 Å². The van der Waals surface area contributed by atoms with E-state index in [1.807, 2.05) is 6.07 Å². The van der Waals surface area contributed by atoms with E-state index in [1.54, 1.807) is 18.2 Å². The summed E-state index contributed by atoms with van der Waals surface area (Å²) < 4.78 is 5.15. The molecule has 19 heavy (non-hydrogen) atoms. The van der Waals surface area contributed by atoms with E-state index in [9.17, 15) is 9.59 Å². The maximum atomic E-state index is 12.1. The molecule has 0 saturated heterocycles. The number of benzene rings is 1. The molecule has 6 nitrogen and oxygen atoms in total. The predicted octanol–water partition coefficient (Wildman–Crippen LogP) is 1.24. The van der Waals surface area contributed by atoms with Gasteiger partial charge in [-0.15, -0.1) is 0 Å². The SMILES string of the molecule is COc1ccccc1NC(=O)C1=NN(C)C(=O)CC1. The van der Waals surface area contributed by atoms with E-state index in [2.05, 4.69) is 10.4 Å². The van der Waals surface area contributed by atoms with Crippen molar-refractivity contribution >= 4 is 23.2 Å². The van der Waals surface area contributed by atoms with Crippen LogP contribution in [0.2, 0.25) is 0 Å². The lowest BCUT2D eigenvalue weighted by Gasteiger charge is -2.19. The lowest BCUT2D eigenvalue weighted by Crippen LogP contribution is -2.34. The molecule has 0 fully saturated rings. The van der Waals surface area contributed by atoms with E-state index in [-0.39, 0.29) is 11.8 Å². The van der Waals surface area contributed by atoms with Gasteiger partial charge in [-0.05, 0) is 12.1 Å². The average Bonchev–Trinajstić information content (AvgIpc) is 2.42. The van der Waals surface area contributed by atoms with Crippen LogP contribution in [0.1, 0.15) is 12.8 Å². The second kappa shape index (κ2) is 5.51. The molecule has 2 amide bonds. The fourth-order valence-electron chi connectivity index (χ4n) is 1.78. The summed E-state index contributed by atoms with van der Waals surface area (Å²) in [5.74, 6) is 0.175. The Kier molecular flexibility index (Phi) is 3.79. The van der Waals surface area contributed by atoms with Crippen LogP contribution in [-0.4, -0.2) is 36.7 Å². The van der Waals surface area contributed by atoms with Gasteiger partial charge in [-0.3, -0.25) is 9.59 Å². The van der Waals surface area contributed by atoms with Crippen LogP contribution in [-0.2, 0) is 9.59 Å². The fourth-order valence-corrected chi connectivity index (χ4v) is 1.78. The number of nitrogens with one attached hydrogen (secondary N) is 1. The molecule has 0 bridgehead atoms. The number of para-hydroxylation sites is 2. The molecule has 1 heterocycles. The summed E-state index contributed by atoms with van der Waals surface area (Å²) in [5.41, 5.74) is 0.922. The number of carbonyl (C=O) groups is 2. The number of carbonyl (C=O) groups excluding carboxylic acids is 2. The van der Waals surface area contributed by atoms with Crippen molar-refractivity contribution in [3.63, 3.8) is 0 Å². The highest BCUT2D eigenvalue weighted by Gasteiger charge is 2.22. The Morgan fingerprint density at radius 2 is 2.11 bits per heavy atom. The molecule has 2 rings (SSSR count). The summed E-state index contributed by atoms with van der Waals surface area (Å²) in [6.45, 7) is 0. The number of amides is 2. The number of anilines is 1. The standard InChI is InChI=1S/C13H15N3O3/c1-16-12(17)8-7-10(15-16)13(18)14-9-5-3-4-6-11(9)19-2/h3-6H,7-8H2,1-2H3,(H,14,18). The summed E-state index contributed by atoms with van der Waals surface area (Å²) in [5, 5.41) is 7.89. The van der Waals surface area contributed by atoms with Crippen LogP contribution in [0.3, 0.4) is 0 Å². The Morgan fingerprint density at radius 3 is 2.79 bits per heavy atom. The van der Waals surface area contributed by atoms with Gasteiger partial charge in [0.1, 0.15) is 11.5 Å². The molecule has 6 heteroatoms. The maximum absolute atomic E-state index is 12.1. The molecule has 0 aromatic heterocycles. The highest BCUT2D eigenvalue weighted by molar-refractivity contribution is 6.43. The van der Waals surface area contributed by atoms with E-state index in [1.165, 1.54) is 19.2 Å². The van der Waals surface area contributed by atoms with Gasteiger partial charge in [0, 0.05) is 19.9 Å². The molecular weight excluding hydrogens is 246 g/mol. The fraction of sp³-hybridized carbons (Fsp3) is 0.308. The number of ether oxygens (including phenoxy) is 1. The summed E-state index contributed by atoms with van der Waals surface area (Å²) in [6, 6.07) is 7.12. The number of nitrogens with zero attached hydrogens (tertiary/aromatic N) is 2. The van der Waals surface area contributed by atoms with Gasteiger partial charge >= 0.3 is 0 Å². The lowest BCUT2D eigenvalue weighted by molar-refractivity contribution is -0.130. The van der Waals surface area contributed by atoms with Crippen molar-refractivity contribution < 1.29 is 14.3 Å². The summed E-state index contributed by atoms with van der Waals surface area (Å²) in [6.07, 6.45) is 0.652. The van der Waals surface area contributed by atoms with Crippen LogP contribution in [0.15, 0.2) is 29.4 Å². The zero-order valence-electron chi connectivity index (χ0n) is 10.8. The normalized spacial score (nSPS) is 14.9. The second-order valence-electron chi connectivity index (χ2n) is 4.12. The Hall–Kier alpha value is -2.37. The first kappa shape index (κ1) is 13.1. The number of rotatable bonds is 3. The molecule has 100 valence electrons. The van der Waals surface area contributed by atoms with Gasteiger partial charge in [0.2, 0.25) is 5.91 Å². The lowest BCUT2D eigenvalue weighted by atomic mass is 10.1. The molecular formula is C13H15N3O3. The highest BCUT2D eigenvalue weighted by atomic mass is 16.5. The van der Waals surface area contributed by atoms with Gasteiger partial charge < -0.3 is 10.1 Å². The minimum atomic E-state index is -0.316. The number of hydrogen-bond acceptors (Lipinski definition) is 4. The minimum absolute atomic E-state index is 0.0890. The minimum Gasteiger partial charge on any atom is -0.495 e. The number of methoxy groups -OCH3 is 1. The van der Waals surface area contributed by atoms with E-state index in [4.69, 9.17) is 4.74 Å². The summed E-state index contributed by atoms with van der Waals surface area (Å²) in [7, 11) is 3.08. The zero-order valence-corrected chi connectivity index (χ0v) is 10.8. The van der Waals surface area contributed by atoms with E-state index < -0.39 is 0 Å². The van der Waals surface area contributed by atoms with Crippen molar-refractivity contribution in [3.8, 4) is 5.75 Å². The van der Waals surface area contributed by atoms with Crippen molar-refractivity contribution in [2.75, 3.05) is 19.5 Å². The second-order valence-corrected chi connectivity index (χ2v) is 4.12. The van der Waals surface area contributed by atoms with Gasteiger partial charge in [-0.1, -0.05) is 12.1 Å². The molecule has 0 radical (unpaired) electrons. The third kappa shape index (κ3) is 2.90. The molecule has 1 aromatic rings. The average molecular weight is 261 g/mol. The smallest absolute Gasteiger partial charge is 0.271 e. The van der Waals surface area contributed by atoms with E-state index in [0.717, 1.165) is 0 Å². The van der Waals surface area contributed by atoms with Crippen molar-refractivity contribution in [2.45, 2.75) is 12.8 Å². The molecule has 0 atom stereocenters.